The fraction of sp³-hybridized carbons (Fsp3) is 0.688. The monoisotopic (exact) mass is 319 g/mol. The standard InChI is InChI=1S/C16H25N5O2/c1-4-6-8-13-16(22)21(9-7-5-2)15(19-13)12-10-17-11(3)18-14(12)20(21)23/h13H,4-10H2,1-3H3,(H,17,18)/q+2. The number of carbonyl (C=O) groups excluding carboxylic acids is 1. The van der Waals surface area contributed by atoms with Gasteiger partial charge in [0.2, 0.25) is 0 Å². The Hall–Kier alpha value is -1.89. The summed E-state index contributed by atoms with van der Waals surface area (Å²) in [5.74, 6) is 1.70. The van der Waals surface area contributed by atoms with E-state index < -0.39 is 0 Å². The Balaban J connectivity index is 2.00. The smallest absolute Gasteiger partial charge is 0.246 e. The number of nitrogens with one attached hydrogen (secondary N) is 1. The fourth-order valence-corrected chi connectivity index (χ4v) is 3.47. The first-order valence-electron chi connectivity index (χ1n) is 8.56. The summed E-state index contributed by atoms with van der Waals surface area (Å²) in [5, 5.41) is 3.03. The molecule has 0 radical (unpaired) electrons. The molecule has 0 aromatic carbocycles. The van der Waals surface area contributed by atoms with Crippen LogP contribution in [0.5, 0.6) is 0 Å². The minimum Gasteiger partial charge on any atom is -0.246 e. The third kappa shape index (κ3) is 2.25. The molecule has 2 unspecified atom stereocenters. The van der Waals surface area contributed by atoms with Crippen molar-refractivity contribution in [2.24, 2.45) is 9.98 Å². The molecule has 1 amide bonds. The Labute approximate surface area is 136 Å². The van der Waals surface area contributed by atoms with E-state index >= 15 is 0 Å². The maximum absolute atomic E-state index is 13.1. The van der Waals surface area contributed by atoms with Gasteiger partial charge in [0, 0.05) is 13.3 Å². The topological polar surface area (TPSA) is 73.9 Å². The van der Waals surface area contributed by atoms with Crippen LogP contribution in [0.2, 0.25) is 0 Å². The van der Waals surface area contributed by atoms with Gasteiger partial charge in [0.05, 0.1) is 6.54 Å². The number of aliphatic imine (C=N–C) groups is 2. The third-order valence-electron chi connectivity index (χ3n) is 4.78. The van der Waals surface area contributed by atoms with Crippen molar-refractivity contribution in [2.45, 2.75) is 58.9 Å². The van der Waals surface area contributed by atoms with Crippen LogP contribution < -0.4 is 5.32 Å². The van der Waals surface area contributed by atoms with E-state index in [1.165, 1.54) is 0 Å². The highest BCUT2D eigenvalue weighted by molar-refractivity contribution is 6.07. The van der Waals surface area contributed by atoms with Crippen LogP contribution >= 0.6 is 0 Å². The summed E-state index contributed by atoms with van der Waals surface area (Å²) in [6.45, 7) is 6.89. The highest BCUT2D eigenvalue weighted by Gasteiger charge is 2.68. The second-order valence-corrected chi connectivity index (χ2v) is 6.42. The summed E-state index contributed by atoms with van der Waals surface area (Å²) in [5.41, 5.74) is 0.786. The number of hydrogen-bond acceptors (Lipinski definition) is 5. The van der Waals surface area contributed by atoms with Crippen molar-refractivity contribution in [3.8, 4) is 0 Å². The zero-order valence-electron chi connectivity index (χ0n) is 14.1. The Morgan fingerprint density at radius 1 is 1.30 bits per heavy atom. The molecule has 0 aromatic heterocycles. The summed E-state index contributed by atoms with van der Waals surface area (Å²) in [7, 11) is 0. The summed E-state index contributed by atoms with van der Waals surface area (Å²) in [4.78, 5) is 36.0. The van der Waals surface area contributed by atoms with Gasteiger partial charge >= 0.3 is 11.7 Å². The first kappa shape index (κ1) is 16.0. The number of unbranched alkanes of at least 4 members (excludes halogenated alkanes) is 2. The molecule has 1 N–H and O–H groups in total. The predicted molar refractivity (Wildman–Crippen MR) is 87.6 cm³/mol. The summed E-state index contributed by atoms with van der Waals surface area (Å²) < 4.78 is -0.289. The van der Waals surface area contributed by atoms with E-state index in [1.807, 2.05) is 6.92 Å². The van der Waals surface area contributed by atoms with Gasteiger partial charge in [-0.15, -0.1) is 0 Å². The molecule has 3 aliphatic rings. The number of fused-ring (bicyclic) bond motifs is 2. The van der Waals surface area contributed by atoms with Crippen molar-refractivity contribution >= 4 is 17.6 Å². The van der Waals surface area contributed by atoms with Crippen LogP contribution in [-0.2, 0) is 4.79 Å². The number of hydrogen-bond donors (Lipinski definition) is 1. The molecular weight excluding hydrogens is 294 g/mol. The predicted octanol–water partition coefficient (Wildman–Crippen LogP) is 2.04. The van der Waals surface area contributed by atoms with Gasteiger partial charge in [0.15, 0.2) is 22.3 Å². The molecule has 0 fully saturated rings. The van der Waals surface area contributed by atoms with E-state index in [9.17, 15) is 9.70 Å². The van der Waals surface area contributed by atoms with Gasteiger partial charge in [-0.05, 0) is 15.9 Å². The number of amides is 1. The molecule has 3 rings (SSSR count). The summed E-state index contributed by atoms with van der Waals surface area (Å²) in [6.07, 6.45) is 4.42. The van der Waals surface area contributed by atoms with Crippen LogP contribution in [0.1, 0.15) is 52.9 Å². The van der Waals surface area contributed by atoms with Crippen molar-refractivity contribution in [1.29, 1.82) is 0 Å². The highest BCUT2D eigenvalue weighted by atomic mass is 16.4. The zero-order chi connectivity index (χ0) is 16.6. The highest BCUT2D eigenvalue weighted by Crippen LogP contribution is 2.37. The number of carbonyl (C=O) groups is 1. The van der Waals surface area contributed by atoms with Gasteiger partial charge in [0.1, 0.15) is 6.54 Å². The normalized spacial score (nSPS) is 29.3. The molecule has 7 nitrogen and oxygen atoms in total. The van der Waals surface area contributed by atoms with E-state index in [-0.39, 0.29) is 16.5 Å². The van der Waals surface area contributed by atoms with Crippen molar-refractivity contribution in [3.05, 3.63) is 16.3 Å². The zero-order valence-corrected chi connectivity index (χ0v) is 14.1. The van der Waals surface area contributed by atoms with E-state index in [0.717, 1.165) is 42.5 Å². The minimum absolute atomic E-state index is 0.0780. The molecule has 0 bridgehead atoms. The van der Waals surface area contributed by atoms with E-state index in [2.05, 4.69) is 29.1 Å². The first-order valence-corrected chi connectivity index (χ1v) is 8.56. The fourth-order valence-electron chi connectivity index (χ4n) is 3.47. The molecule has 124 valence electrons. The van der Waals surface area contributed by atoms with E-state index in [4.69, 9.17) is 0 Å². The lowest BCUT2D eigenvalue weighted by molar-refractivity contribution is -1.22. The molecule has 0 saturated heterocycles. The molecule has 0 aliphatic carbocycles. The van der Waals surface area contributed by atoms with E-state index in [1.54, 1.807) is 0 Å². The number of nitroso groups, excluding NO2 is 1. The maximum atomic E-state index is 13.1. The van der Waals surface area contributed by atoms with Crippen molar-refractivity contribution < 1.29 is 14.3 Å². The minimum atomic E-state index is -0.390. The van der Waals surface area contributed by atoms with Crippen LogP contribution in [0.15, 0.2) is 21.4 Å². The maximum Gasteiger partial charge on any atom is 0.394 e. The van der Waals surface area contributed by atoms with Gasteiger partial charge < -0.3 is 0 Å². The lowest BCUT2D eigenvalue weighted by Crippen LogP contribution is -2.58. The van der Waals surface area contributed by atoms with Crippen LogP contribution in [0, 0.1) is 4.91 Å². The molecule has 7 heteroatoms. The Bertz CT molecular complexity index is 649. The lowest BCUT2D eigenvalue weighted by atomic mass is 10.1. The Morgan fingerprint density at radius 3 is 2.74 bits per heavy atom. The molecule has 3 aliphatic heterocycles. The molecule has 2 atom stereocenters. The molecule has 0 spiro atoms. The van der Waals surface area contributed by atoms with Crippen LogP contribution in [0.25, 0.3) is 0 Å². The average Bonchev–Trinajstić information content (AvgIpc) is 2.95. The first-order chi connectivity index (χ1) is 11.1. The van der Waals surface area contributed by atoms with Crippen molar-refractivity contribution in [2.75, 3.05) is 13.1 Å². The van der Waals surface area contributed by atoms with Crippen molar-refractivity contribution in [3.63, 3.8) is 0 Å². The lowest BCUT2D eigenvalue weighted by Gasteiger charge is -2.20. The SMILES string of the molecule is CCCCC1N=C2C3=C(NC(C)=NC3)[N+](=O)[N+]2(CCCC)C1=O. The number of rotatable bonds is 6. The Kier molecular flexibility index (Phi) is 4.14. The second-order valence-electron chi connectivity index (χ2n) is 6.42. The number of amidine groups is 2. The van der Waals surface area contributed by atoms with Crippen LogP contribution in [0.4, 0.5) is 0 Å². The van der Waals surface area contributed by atoms with Crippen LogP contribution in [-0.4, -0.2) is 46.2 Å². The Morgan fingerprint density at radius 2 is 2.04 bits per heavy atom. The van der Waals surface area contributed by atoms with Gasteiger partial charge in [0.25, 0.3) is 5.84 Å². The molecule has 0 saturated carbocycles. The van der Waals surface area contributed by atoms with Gasteiger partial charge in [-0.2, -0.15) is 0 Å². The van der Waals surface area contributed by atoms with Crippen LogP contribution in [0.3, 0.4) is 0 Å². The number of quaternary nitrogens is 1. The summed E-state index contributed by atoms with van der Waals surface area (Å²) >= 11 is 0. The van der Waals surface area contributed by atoms with Gasteiger partial charge in [-0.1, -0.05) is 33.1 Å². The van der Waals surface area contributed by atoms with Crippen molar-refractivity contribution in [1.82, 2.24) is 5.32 Å². The largest absolute Gasteiger partial charge is 0.394 e. The molecule has 3 heterocycles. The summed E-state index contributed by atoms with van der Waals surface area (Å²) in [6, 6.07) is -0.390. The van der Waals surface area contributed by atoms with Gasteiger partial charge in [-0.3, -0.25) is 0 Å². The molecular formula is C16H25N5O2+2. The third-order valence-corrected chi connectivity index (χ3v) is 4.78. The molecule has 23 heavy (non-hydrogen) atoms. The quantitative estimate of drug-likeness (QED) is 0.601. The van der Waals surface area contributed by atoms with E-state index in [0.29, 0.717) is 30.6 Å². The van der Waals surface area contributed by atoms with Gasteiger partial charge in [-0.25, -0.2) is 20.1 Å². The molecule has 0 aromatic rings. The average molecular weight is 319 g/mol. The second kappa shape index (κ2) is 5.96. The number of nitrogens with zero attached hydrogens (tertiary/aromatic N) is 4.